The molecule has 1 aromatic carbocycles. The summed E-state index contributed by atoms with van der Waals surface area (Å²) in [6, 6.07) is 7.88. The second-order valence-electron chi connectivity index (χ2n) is 6.92. The summed E-state index contributed by atoms with van der Waals surface area (Å²) in [5.41, 5.74) is 2.41. The molecule has 0 unspecified atom stereocenters. The first-order chi connectivity index (χ1) is 13.6. The van der Waals surface area contributed by atoms with Gasteiger partial charge in [-0.05, 0) is 55.2 Å². The first-order valence-corrected chi connectivity index (χ1v) is 10.0. The number of amides is 2. The number of carbonyl (C=O) groups is 2. The third-order valence-electron chi connectivity index (χ3n) is 4.81. The van der Waals surface area contributed by atoms with Crippen LogP contribution in [0.4, 0.5) is 10.6 Å². The number of aliphatic hydroxyl groups excluding tert-OH is 1. The molecule has 2 aliphatic rings. The normalized spacial score (nSPS) is 23.7. The van der Waals surface area contributed by atoms with Crippen LogP contribution in [-0.4, -0.2) is 38.4 Å². The zero-order valence-electron chi connectivity index (χ0n) is 15.1. The zero-order valence-corrected chi connectivity index (χ0v) is 15.9. The Bertz CT molecular complexity index is 939. The summed E-state index contributed by atoms with van der Waals surface area (Å²) in [5, 5.41) is 14.9. The Morgan fingerprint density at radius 2 is 2.00 bits per heavy atom. The van der Waals surface area contributed by atoms with Crippen LogP contribution in [0.3, 0.4) is 0 Å². The van der Waals surface area contributed by atoms with Crippen LogP contribution in [0.1, 0.15) is 31.2 Å². The quantitative estimate of drug-likeness (QED) is 0.682. The van der Waals surface area contributed by atoms with Gasteiger partial charge in [-0.1, -0.05) is 18.2 Å². The number of nitrogens with one attached hydrogen (secondary N) is 2. The highest BCUT2D eigenvalue weighted by molar-refractivity contribution is 8.18. The molecule has 4 rings (SSSR count). The van der Waals surface area contributed by atoms with Crippen molar-refractivity contribution in [2.75, 3.05) is 5.32 Å². The molecule has 0 radical (unpaired) electrons. The van der Waals surface area contributed by atoms with E-state index in [9.17, 15) is 14.7 Å². The molecule has 0 spiro atoms. The van der Waals surface area contributed by atoms with Gasteiger partial charge >= 0.3 is 0 Å². The van der Waals surface area contributed by atoms with Crippen molar-refractivity contribution in [3.8, 4) is 11.3 Å². The highest BCUT2D eigenvalue weighted by Gasteiger charge is 2.25. The summed E-state index contributed by atoms with van der Waals surface area (Å²) in [6.45, 7) is 0. The molecule has 2 amide bonds. The molecule has 1 saturated heterocycles. The Hall–Kier alpha value is -2.71. The third-order valence-corrected chi connectivity index (χ3v) is 5.62. The van der Waals surface area contributed by atoms with E-state index in [1.807, 2.05) is 24.3 Å². The lowest BCUT2D eigenvalue weighted by Crippen LogP contribution is -2.28. The number of nitrogens with zero attached hydrogens (tertiary/aromatic N) is 2. The van der Waals surface area contributed by atoms with Crippen molar-refractivity contribution in [1.29, 1.82) is 0 Å². The van der Waals surface area contributed by atoms with Gasteiger partial charge in [0.05, 0.1) is 29.1 Å². The summed E-state index contributed by atoms with van der Waals surface area (Å²) in [6.07, 6.45) is 8.32. The molecule has 7 nitrogen and oxygen atoms in total. The van der Waals surface area contributed by atoms with Crippen LogP contribution in [0.5, 0.6) is 0 Å². The predicted octanol–water partition coefficient (Wildman–Crippen LogP) is 3.18. The van der Waals surface area contributed by atoms with Crippen LogP contribution in [0.2, 0.25) is 0 Å². The number of carbonyl (C=O) groups excluding carboxylic acids is 2. The van der Waals surface area contributed by atoms with E-state index in [2.05, 4.69) is 20.6 Å². The van der Waals surface area contributed by atoms with Crippen molar-refractivity contribution in [1.82, 2.24) is 15.3 Å². The molecule has 2 fully saturated rings. The first-order valence-electron chi connectivity index (χ1n) is 9.19. The van der Waals surface area contributed by atoms with Gasteiger partial charge in [-0.3, -0.25) is 19.9 Å². The van der Waals surface area contributed by atoms with Gasteiger partial charge in [-0.25, -0.2) is 4.98 Å². The van der Waals surface area contributed by atoms with Crippen molar-refractivity contribution in [3.05, 3.63) is 47.1 Å². The molecule has 3 N–H and O–H groups in total. The minimum atomic E-state index is -0.371. The average Bonchev–Trinajstić information content (AvgIpc) is 3.01. The average molecular weight is 396 g/mol. The van der Waals surface area contributed by atoms with Gasteiger partial charge < -0.3 is 10.4 Å². The molecule has 28 heavy (non-hydrogen) atoms. The first kappa shape index (κ1) is 18.6. The van der Waals surface area contributed by atoms with E-state index in [1.54, 1.807) is 18.5 Å². The third kappa shape index (κ3) is 4.40. The van der Waals surface area contributed by atoms with Crippen LogP contribution >= 0.6 is 11.8 Å². The Labute approximate surface area is 166 Å². The van der Waals surface area contributed by atoms with E-state index in [4.69, 9.17) is 0 Å². The van der Waals surface area contributed by atoms with Crippen molar-refractivity contribution in [2.24, 2.45) is 0 Å². The van der Waals surface area contributed by atoms with E-state index >= 15 is 0 Å². The smallest absolute Gasteiger partial charge is 0.290 e. The molecular weight excluding hydrogens is 376 g/mol. The highest BCUT2D eigenvalue weighted by atomic mass is 32.2. The van der Waals surface area contributed by atoms with E-state index in [-0.39, 0.29) is 17.3 Å². The predicted molar refractivity (Wildman–Crippen MR) is 108 cm³/mol. The molecule has 0 atom stereocenters. The number of aromatic nitrogens is 2. The number of hydrogen-bond donors (Lipinski definition) is 3. The fourth-order valence-corrected chi connectivity index (χ4v) is 4.05. The van der Waals surface area contributed by atoms with Gasteiger partial charge in [0.2, 0.25) is 0 Å². The summed E-state index contributed by atoms with van der Waals surface area (Å²) >= 11 is 0.898. The maximum Gasteiger partial charge on any atom is 0.290 e. The second-order valence-corrected chi connectivity index (χ2v) is 7.93. The number of rotatable bonds is 4. The van der Waals surface area contributed by atoms with E-state index < -0.39 is 0 Å². The van der Waals surface area contributed by atoms with Crippen molar-refractivity contribution in [3.63, 3.8) is 0 Å². The molecule has 1 aliphatic carbocycles. The molecular formula is C20H20N4O3S. The molecule has 1 aromatic heterocycles. The Kier molecular flexibility index (Phi) is 5.40. The van der Waals surface area contributed by atoms with Gasteiger partial charge in [0.1, 0.15) is 5.82 Å². The van der Waals surface area contributed by atoms with Crippen molar-refractivity contribution >= 4 is 34.8 Å². The van der Waals surface area contributed by atoms with Crippen molar-refractivity contribution < 1.29 is 14.7 Å². The lowest BCUT2D eigenvalue weighted by atomic mass is 9.93. The number of anilines is 1. The van der Waals surface area contributed by atoms with Gasteiger partial charge in [-0.2, -0.15) is 0 Å². The maximum absolute atomic E-state index is 11.7. The molecule has 1 saturated carbocycles. The molecule has 0 bridgehead atoms. The van der Waals surface area contributed by atoms with E-state index in [0.717, 1.165) is 54.3 Å². The highest BCUT2D eigenvalue weighted by Crippen LogP contribution is 2.27. The Balaban J connectivity index is 1.52. The topological polar surface area (TPSA) is 104 Å². The number of benzene rings is 1. The number of aliphatic hydroxyl groups is 1. The minimum absolute atomic E-state index is 0.192. The van der Waals surface area contributed by atoms with Crippen LogP contribution < -0.4 is 10.6 Å². The van der Waals surface area contributed by atoms with E-state index in [0.29, 0.717) is 16.8 Å². The van der Waals surface area contributed by atoms with Crippen molar-refractivity contribution in [2.45, 2.75) is 37.8 Å². The van der Waals surface area contributed by atoms with Gasteiger partial charge in [0.25, 0.3) is 11.1 Å². The molecule has 2 heterocycles. The SMILES string of the molecule is O=C1NC(=O)C(=Cc2cccc(-c3cncc(NC4CCC(O)CC4)n3)c2)S1. The molecule has 8 heteroatoms. The lowest BCUT2D eigenvalue weighted by molar-refractivity contribution is -0.115. The Morgan fingerprint density at radius 1 is 1.18 bits per heavy atom. The van der Waals surface area contributed by atoms with Gasteiger partial charge in [0, 0.05) is 11.6 Å². The monoisotopic (exact) mass is 396 g/mol. The van der Waals surface area contributed by atoms with Crippen LogP contribution in [0.25, 0.3) is 17.3 Å². The molecule has 144 valence electrons. The van der Waals surface area contributed by atoms with Crippen LogP contribution in [-0.2, 0) is 4.79 Å². The van der Waals surface area contributed by atoms with Crippen LogP contribution in [0.15, 0.2) is 41.6 Å². The molecule has 2 aromatic rings. The largest absolute Gasteiger partial charge is 0.393 e. The lowest BCUT2D eigenvalue weighted by Gasteiger charge is -2.26. The fourth-order valence-electron chi connectivity index (χ4n) is 3.36. The fraction of sp³-hybridized carbons (Fsp3) is 0.300. The molecule has 1 aliphatic heterocycles. The summed E-state index contributed by atoms with van der Waals surface area (Å²) in [5.74, 6) is 0.336. The maximum atomic E-state index is 11.7. The van der Waals surface area contributed by atoms with Gasteiger partial charge in [-0.15, -0.1) is 0 Å². The van der Waals surface area contributed by atoms with Crippen LogP contribution in [0, 0.1) is 0 Å². The Morgan fingerprint density at radius 3 is 2.75 bits per heavy atom. The van der Waals surface area contributed by atoms with E-state index in [1.165, 1.54) is 0 Å². The zero-order chi connectivity index (χ0) is 19.5. The number of thioether (sulfide) groups is 1. The second kappa shape index (κ2) is 8.12. The minimum Gasteiger partial charge on any atom is -0.393 e. The van der Waals surface area contributed by atoms with Gasteiger partial charge in [0.15, 0.2) is 0 Å². The summed E-state index contributed by atoms with van der Waals surface area (Å²) in [4.78, 5) is 32.4. The summed E-state index contributed by atoms with van der Waals surface area (Å²) < 4.78 is 0. The standard InChI is InChI=1S/C20H20N4O3S/c25-15-6-4-14(5-7-15)22-18-11-21-10-16(23-18)13-3-1-2-12(8-13)9-17-19(26)24-20(27)28-17/h1-3,8-11,14-15,25H,4-7H2,(H,22,23)(H,24,26,27). The summed E-state index contributed by atoms with van der Waals surface area (Å²) in [7, 11) is 0. The number of imide groups is 1. The number of hydrogen-bond acceptors (Lipinski definition) is 7.